The number of carbonyl (C=O) groups is 1. The standard InChI is InChI=1S/C23H23FN4O/c1-14-9-15(2)26-23(25-14)28-12-16-10-27(11-17(16)13-28)22(29)20-7-8-21(24)19-6-4-3-5-18(19)20/h3-9,16-17H,10-13H2,1-2H3. The van der Waals surface area contributed by atoms with Crippen molar-refractivity contribution in [1.82, 2.24) is 14.9 Å². The second kappa shape index (κ2) is 6.79. The van der Waals surface area contributed by atoms with Gasteiger partial charge in [-0.15, -0.1) is 0 Å². The summed E-state index contributed by atoms with van der Waals surface area (Å²) >= 11 is 0. The Morgan fingerprint density at radius 2 is 1.55 bits per heavy atom. The number of anilines is 1. The molecular weight excluding hydrogens is 367 g/mol. The largest absolute Gasteiger partial charge is 0.340 e. The number of benzene rings is 2. The molecule has 2 saturated heterocycles. The van der Waals surface area contributed by atoms with Gasteiger partial charge in [-0.3, -0.25) is 4.79 Å². The van der Waals surface area contributed by atoms with Crippen molar-refractivity contribution in [2.24, 2.45) is 11.8 Å². The summed E-state index contributed by atoms with van der Waals surface area (Å²) < 4.78 is 14.1. The van der Waals surface area contributed by atoms with E-state index >= 15 is 0 Å². The fourth-order valence-electron chi connectivity index (χ4n) is 4.79. The van der Waals surface area contributed by atoms with Gasteiger partial charge >= 0.3 is 0 Å². The summed E-state index contributed by atoms with van der Waals surface area (Å²) in [5.74, 6) is 1.31. The summed E-state index contributed by atoms with van der Waals surface area (Å²) in [7, 11) is 0. The maximum atomic E-state index is 14.1. The van der Waals surface area contributed by atoms with Gasteiger partial charge in [0.05, 0.1) is 0 Å². The maximum Gasteiger partial charge on any atom is 0.254 e. The van der Waals surface area contributed by atoms with Crippen LogP contribution in [-0.4, -0.2) is 47.0 Å². The number of fused-ring (bicyclic) bond motifs is 2. The van der Waals surface area contributed by atoms with E-state index < -0.39 is 0 Å². The third-order valence-corrected chi connectivity index (χ3v) is 6.13. The van der Waals surface area contributed by atoms with Crippen LogP contribution in [0.4, 0.5) is 10.3 Å². The smallest absolute Gasteiger partial charge is 0.254 e. The predicted octanol–water partition coefficient (Wildman–Crippen LogP) is 3.59. The second-order valence-corrected chi connectivity index (χ2v) is 8.23. The number of carbonyl (C=O) groups excluding carboxylic acids is 1. The Labute approximate surface area is 169 Å². The van der Waals surface area contributed by atoms with Crippen LogP contribution in [0.25, 0.3) is 10.8 Å². The molecule has 1 amide bonds. The number of rotatable bonds is 2. The van der Waals surface area contributed by atoms with Crippen molar-refractivity contribution in [2.75, 3.05) is 31.1 Å². The minimum Gasteiger partial charge on any atom is -0.340 e. The molecule has 0 radical (unpaired) electrons. The minimum atomic E-state index is -0.292. The molecule has 3 aromatic rings. The highest BCUT2D eigenvalue weighted by molar-refractivity contribution is 6.07. The van der Waals surface area contributed by atoms with E-state index in [-0.39, 0.29) is 11.7 Å². The van der Waals surface area contributed by atoms with Crippen molar-refractivity contribution in [3.8, 4) is 0 Å². The second-order valence-electron chi connectivity index (χ2n) is 8.23. The van der Waals surface area contributed by atoms with Gasteiger partial charge in [0.2, 0.25) is 5.95 Å². The Morgan fingerprint density at radius 3 is 2.21 bits per heavy atom. The number of aryl methyl sites for hydroxylation is 2. The van der Waals surface area contributed by atoms with Crippen molar-refractivity contribution in [3.05, 3.63) is 65.2 Å². The minimum absolute atomic E-state index is 0.00944. The molecular formula is C23H23FN4O. The molecule has 2 aromatic carbocycles. The van der Waals surface area contributed by atoms with E-state index in [4.69, 9.17) is 0 Å². The van der Waals surface area contributed by atoms with Gasteiger partial charge in [-0.1, -0.05) is 24.3 Å². The molecule has 0 N–H and O–H groups in total. The summed E-state index contributed by atoms with van der Waals surface area (Å²) in [5.41, 5.74) is 2.53. The zero-order valence-corrected chi connectivity index (χ0v) is 16.6. The topological polar surface area (TPSA) is 49.3 Å². The molecule has 0 spiro atoms. The molecule has 2 aliphatic rings. The van der Waals surface area contributed by atoms with Gasteiger partial charge in [-0.25, -0.2) is 14.4 Å². The SMILES string of the molecule is Cc1cc(C)nc(N2CC3CN(C(=O)c4ccc(F)c5ccccc45)CC3C2)n1. The van der Waals surface area contributed by atoms with Gasteiger partial charge < -0.3 is 9.80 Å². The van der Waals surface area contributed by atoms with E-state index in [0.717, 1.165) is 43.5 Å². The number of aromatic nitrogens is 2. The molecule has 6 heteroatoms. The molecule has 2 unspecified atom stereocenters. The molecule has 0 saturated carbocycles. The molecule has 1 aromatic heterocycles. The Kier molecular flexibility index (Phi) is 4.23. The summed E-state index contributed by atoms with van der Waals surface area (Å²) in [6.45, 7) is 7.14. The van der Waals surface area contributed by atoms with E-state index in [1.54, 1.807) is 18.2 Å². The first-order valence-electron chi connectivity index (χ1n) is 10.0. The van der Waals surface area contributed by atoms with Crippen LogP contribution in [0.5, 0.6) is 0 Å². The van der Waals surface area contributed by atoms with Crippen molar-refractivity contribution in [3.63, 3.8) is 0 Å². The van der Waals surface area contributed by atoms with Crippen molar-refractivity contribution < 1.29 is 9.18 Å². The number of hydrogen-bond acceptors (Lipinski definition) is 4. The van der Waals surface area contributed by atoms with Gasteiger partial charge in [-0.05, 0) is 37.4 Å². The van der Waals surface area contributed by atoms with Gasteiger partial charge in [0, 0.05) is 60.4 Å². The Balaban J connectivity index is 1.34. The lowest BCUT2D eigenvalue weighted by molar-refractivity contribution is 0.0784. The van der Waals surface area contributed by atoms with E-state index in [1.807, 2.05) is 36.9 Å². The van der Waals surface area contributed by atoms with Crippen LogP contribution in [-0.2, 0) is 0 Å². The van der Waals surface area contributed by atoms with Gasteiger partial charge in [0.1, 0.15) is 5.82 Å². The Bertz CT molecular complexity index is 1080. The zero-order valence-electron chi connectivity index (χ0n) is 16.6. The lowest BCUT2D eigenvalue weighted by atomic mass is 10.0. The first kappa shape index (κ1) is 18.0. The fraction of sp³-hybridized carbons (Fsp3) is 0.348. The highest BCUT2D eigenvalue weighted by Gasteiger charge is 2.42. The lowest BCUT2D eigenvalue weighted by Crippen LogP contribution is -2.34. The third-order valence-electron chi connectivity index (χ3n) is 6.13. The number of nitrogens with zero attached hydrogens (tertiary/aromatic N) is 4. The molecule has 29 heavy (non-hydrogen) atoms. The van der Waals surface area contributed by atoms with Crippen LogP contribution >= 0.6 is 0 Å². The van der Waals surface area contributed by atoms with Crippen molar-refractivity contribution in [2.45, 2.75) is 13.8 Å². The average molecular weight is 390 g/mol. The van der Waals surface area contributed by atoms with Crippen LogP contribution in [0.1, 0.15) is 21.7 Å². The Morgan fingerprint density at radius 1 is 0.931 bits per heavy atom. The highest BCUT2D eigenvalue weighted by atomic mass is 19.1. The van der Waals surface area contributed by atoms with E-state index in [2.05, 4.69) is 14.9 Å². The van der Waals surface area contributed by atoms with E-state index in [1.165, 1.54) is 6.07 Å². The van der Waals surface area contributed by atoms with Crippen molar-refractivity contribution in [1.29, 1.82) is 0 Å². The number of amides is 1. The number of likely N-dealkylation sites (tertiary alicyclic amines) is 1. The molecule has 0 aliphatic carbocycles. The summed E-state index contributed by atoms with van der Waals surface area (Å²) in [6.07, 6.45) is 0. The van der Waals surface area contributed by atoms with Crippen LogP contribution in [0.3, 0.4) is 0 Å². The first-order chi connectivity index (χ1) is 14.0. The summed E-state index contributed by atoms with van der Waals surface area (Å²) in [5, 5.41) is 1.18. The average Bonchev–Trinajstić information content (AvgIpc) is 3.27. The van der Waals surface area contributed by atoms with E-state index in [9.17, 15) is 9.18 Å². The zero-order chi connectivity index (χ0) is 20.1. The van der Waals surface area contributed by atoms with Crippen LogP contribution in [0.2, 0.25) is 0 Å². The van der Waals surface area contributed by atoms with Crippen LogP contribution < -0.4 is 4.90 Å². The van der Waals surface area contributed by atoms with Crippen molar-refractivity contribution >= 4 is 22.6 Å². The molecule has 0 bridgehead atoms. The van der Waals surface area contributed by atoms with Gasteiger partial charge in [0.25, 0.3) is 5.91 Å². The first-order valence-corrected chi connectivity index (χ1v) is 10.0. The molecule has 2 atom stereocenters. The molecule has 5 rings (SSSR count). The van der Waals surface area contributed by atoms with Gasteiger partial charge in [0.15, 0.2) is 0 Å². The van der Waals surface area contributed by atoms with Crippen LogP contribution in [0, 0.1) is 31.5 Å². The quantitative estimate of drug-likeness (QED) is 0.671. The third kappa shape index (κ3) is 3.12. The fourth-order valence-corrected chi connectivity index (χ4v) is 4.79. The van der Waals surface area contributed by atoms with E-state index in [0.29, 0.717) is 28.2 Å². The van der Waals surface area contributed by atoms with Gasteiger partial charge in [-0.2, -0.15) is 0 Å². The van der Waals surface area contributed by atoms with Crippen LogP contribution in [0.15, 0.2) is 42.5 Å². The number of hydrogen-bond donors (Lipinski definition) is 0. The summed E-state index contributed by atoms with van der Waals surface area (Å²) in [4.78, 5) is 26.5. The predicted molar refractivity (Wildman–Crippen MR) is 111 cm³/mol. The summed E-state index contributed by atoms with van der Waals surface area (Å²) in [6, 6.07) is 12.2. The normalized spacial score (nSPS) is 21.1. The Hall–Kier alpha value is -3.02. The number of halogens is 1. The maximum absolute atomic E-state index is 14.1. The molecule has 3 heterocycles. The lowest BCUT2D eigenvalue weighted by Gasteiger charge is -2.22. The monoisotopic (exact) mass is 390 g/mol. The molecule has 2 fully saturated rings. The molecule has 5 nitrogen and oxygen atoms in total. The molecule has 148 valence electrons. The molecule has 2 aliphatic heterocycles. The highest BCUT2D eigenvalue weighted by Crippen LogP contribution is 2.34.